The van der Waals surface area contributed by atoms with Gasteiger partial charge in [-0.25, -0.2) is 9.97 Å². The topological polar surface area (TPSA) is 84.0 Å². The maximum absolute atomic E-state index is 12.4. The predicted octanol–water partition coefficient (Wildman–Crippen LogP) is 1.22. The van der Waals surface area contributed by atoms with Gasteiger partial charge >= 0.3 is 0 Å². The minimum Gasteiger partial charge on any atom is -0.470 e. The van der Waals surface area contributed by atoms with E-state index in [0.717, 1.165) is 19.4 Å². The molecule has 0 saturated carbocycles. The minimum atomic E-state index is -0.166. The predicted molar refractivity (Wildman–Crippen MR) is 81.4 cm³/mol. The Balaban J connectivity index is 1.62. The van der Waals surface area contributed by atoms with Crippen LogP contribution in [0.2, 0.25) is 0 Å². The molecule has 0 radical (unpaired) electrons. The average Bonchev–Trinajstić information content (AvgIpc) is 3.08. The van der Waals surface area contributed by atoms with Crippen molar-refractivity contribution in [3.8, 4) is 11.9 Å². The Morgan fingerprint density at radius 1 is 1.35 bits per heavy atom. The number of hydrogen-bond acceptors (Lipinski definition) is 5. The molecule has 0 N–H and O–H groups in total. The minimum absolute atomic E-state index is 0.0640. The second-order valence-electron chi connectivity index (χ2n) is 5.40. The first-order chi connectivity index (χ1) is 11.3. The number of aromatic nitrogens is 3. The van der Waals surface area contributed by atoms with Gasteiger partial charge in [-0.2, -0.15) is 5.26 Å². The number of carbonyl (C=O) groups excluding carboxylic acids is 1. The summed E-state index contributed by atoms with van der Waals surface area (Å²) in [6.45, 7) is 1.56. The van der Waals surface area contributed by atoms with Gasteiger partial charge in [0.05, 0.1) is 6.54 Å². The molecule has 1 saturated heterocycles. The number of likely N-dealkylation sites (tertiary alicyclic amines) is 1. The van der Waals surface area contributed by atoms with Gasteiger partial charge in [-0.1, -0.05) is 0 Å². The molecule has 2 aromatic heterocycles. The lowest BCUT2D eigenvalue weighted by molar-refractivity contribution is -0.134. The van der Waals surface area contributed by atoms with Crippen LogP contribution in [0.25, 0.3) is 0 Å². The summed E-state index contributed by atoms with van der Waals surface area (Å²) in [6.07, 6.45) is 8.22. The molecule has 3 rings (SSSR count). The van der Waals surface area contributed by atoms with Crippen LogP contribution in [0.15, 0.2) is 36.9 Å². The molecule has 0 unspecified atom stereocenters. The monoisotopic (exact) mass is 311 g/mol. The summed E-state index contributed by atoms with van der Waals surface area (Å²) in [6, 6.07) is 5.76. The summed E-state index contributed by atoms with van der Waals surface area (Å²) in [5, 5.41) is 9.03. The number of ether oxygens (including phenoxy) is 1. The van der Waals surface area contributed by atoms with Crippen molar-refractivity contribution in [2.24, 2.45) is 0 Å². The van der Waals surface area contributed by atoms with Gasteiger partial charge < -0.3 is 14.2 Å². The van der Waals surface area contributed by atoms with Gasteiger partial charge in [0.15, 0.2) is 0 Å². The van der Waals surface area contributed by atoms with Gasteiger partial charge in [-0.3, -0.25) is 4.79 Å². The molecule has 23 heavy (non-hydrogen) atoms. The summed E-state index contributed by atoms with van der Waals surface area (Å²) < 4.78 is 7.65. The Morgan fingerprint density at radius 3 is 2.91 bits per heavy atom. The molecule has 0 aliphatic carbocycles. The normalized spacial score (nSPS) is 17.5. The third kappa shape index (κ3) is 3.66. The summed E-state index contributed by atoms with van der Waals surface area (Å²) in [4.78, 5) is 22.2. The smallest absolute Gasteiger partial charge is 0.251 e. The highest BCUT2D eigenvalue weighted by atomic mass is 16.5. The van der Waals surface area contributed by atoms with E-state index in [1.165, 1.54) is 12.4 Å². The van der Waals surface area contributed by atoms with Crippen LogP contribution in [0.1, 0.15) is 18.5 Å². The molecule has 0 aromatic carbocycles. The molecule has 7 nitrogen and oxygen atoms in total. The zero-order valence-corrected chi connectivity index (χ0v) is 12.6. The fraction of sp³-hybridized carbons (Fsp3) is 0.375. The fourth-order valence-electron chi connectivity index (χ4n) is 2.64. The maximum Gasteiger partial charge on any atom is 0.251 e. The zero-order chi connectivity index (χ0) is 16.1. The Bertz CT molecular complexity index is 708. The van der Waals surface area contributed by atoms with Crippen LogP contribution in [0.3, 0.4) is 0 Å². The summed E-state index contributed by atoms with van der Waals surface area (Å²) in [5.74, 6) is 0.300. The third-order valence-electron chi connectivity index (χ3n) is 3.76. The van der Waals surface area contributed by atoms with Crippen molar-refractivity contribution in [2.75, 3.05) is 13.1 Å². The van der Waals surface area contributed by atoms with Crippen molar-refractivity contribution in [3.63, 3.8) is 0 Å². The highest BCUT2D eigenvalue weighted by Crippen LogP contribution is 2.18. The largest absolute Gasteiger partial charge is 0.470 e. The van der Waals surface area contributed by atoms with E-state index in [-0.39, 0.29) is 23.6 Å². The molecule has 0 bridgehead atoms. The molecule has 0 spiro atoms. The molecule has 1 amide bonds. The number of amides is 1. The quantitative estimate of drug-likeness (QED) is 0.847. The second-order valence-corrected chi connectivity index (χ2v) is 5.40. The first kappa shape index (κ1) is 15.0. The summed E-state index contributed by atoms with van der Waals surface area (Å²) >= 11 is 0. The molecular formula is C16H17N5O2. The van der Waals surface area contributed by atoms with Crippen molar-refractivity contribution < 1.29 is 9.53 Å². The van der Waals surface area contributed by atoms with Gasteiger partial charge in [0.1, 0.15) is 18.7 Å². The fourth-order valence-corrected chi connectivity index (χ4v) is 2.64. The molecule has 1 atom stereocenters. The SMILES string of the molecule is N#Cc1nccnc1O[C@H]1CCCN(C(=O)Cn2cccc2)C1. The number of carbonyl (C=O) groups is 1. The van der Waals surface area contributed by atoms with Crippen LogP contribution in [0.4, 0.5) is 0 Å². The number of hydrogen-bond donors (Lipinski definition) is 0. The third-order valence-corrected chi connectivity index (χ3v) is 3.76. The van der Waals surface area contributed by atoms with Crippen molar-refractivity contribution in [2.45, 2.75) is 25.5 Å². The molecule has 3 heterocycles. The van der Waals surface area contributed by atoms with Crippen molar-refractivity contribution in [1.82, 2.24) is 19.4 Å². The molecule has 1 aliphatic heterocycles. The standard InChI is InChI=1S/C16H17N5O2/c17-10-14-16(19-6-5-18-14)23-13-4-3-9-21(11-13)15(22)12-20-7-1-2-8-20/h1-2,5-8,13H,3-4,9,11-12H2/t13-/m0/s1. The maximum atomic E-state index is 12.4. The van der Waals surface area contributed by atoms with Crippen LogP contribution >= 0.6 is 0 Å². The van der Waals surface area contributed by atoms with Crippen molar-refractivity contribution in [3.05, 3.63) is 42.6 Å². The molecule has 2 aromatic rings. The van der Waals surface area contributed by atoms with E-state index < -0.39 is 0 Å². The van der Waals surface area contributed by atoms with E-state index >= 15 is 0 Å². The van der Waals surface area contributed by atoms with Crippen molar-refractivity contribution >= 4 is 5.91 Å². The highest BCUT2D eigenvalue weighted by molar-refractivity contribution is 5.76. The summed E-state index contributed by atoms with van der Waals surface area (Å²) in [7, 11) is 0. The lowest BCUT2D eigenvalue weighted by Gasteiger charge is -2.32. The Kier molecular flexibility index (Phi) is 4.52. The van der Waals surface area contributed by atoms with Gasteiger partial charge in [-0.15, -0.1) is 0 Å². The number of nitrogens with zero attached hydrogens (tertiary/aromatic N) is 5. The van der Waals surface area contributed by atoms with Gasteiger partial charge in [0.25, 0.3) is 5.88 Å². The molecule has 7 heteroatoms. The molecule has 118 valence electrons. The molecule has 1 fully saturated rings. The Morgan fingerprint density at radius 2 is 2.13 bits per heavy atom. The lowest BCUT2D eigenvalue weighted by atomic mass is 10.1. The van der Waals surface area contributed by atoms with E-state index in [4.69, 9.17) is 10.00 Å². The van der Waals surface area contributed by atoms with E-state index in [9.17, 15) is 4.79 Å². The highest BCUT2D eigenvalue weighted by Gasteiger charge is 2.26. The van der Waals surface area contributed by atoms with E-state index in [1.54, 1.807) is 4.90 Å². The van der Waals surface area contributed by atoms with Crippen LogP contribution in [-0.4, -0.2) is 44.5 Å². The van der Waals surface area contributed by atoms with Gasteiger partial charge in [0.2, 0.25) is 11.6 Å². The van der Waals surface area contributed by atoms with Crippen LogP contribution in [0, 0.1) is 11.3 Å². The molecule has 1 aliphatic rings. The first-order valence-corrected chi connectivity index (χ1v) is 7.52. The number of nitriles is 1. The van der Waals surface area contributed by atoms with Gasteiger partial charge in [-0.05, 0) is 25.0 Å². The van der Waals surface area contributed by atoms with Crippen LogP contribution in [-0.2, 0) is 11.3 Å². The van der Waals surface area contributed by atoms with Crippen LogP contribution in [0.5, 0.6) is 5.88 Å². The Labute approximate surface area is 134 Å². The van der Waals surface area contributed by atoms with E-state index in [1.807, 2.05) is 35.2 Å². The number of rotatable bonds is 4. The summed E-state index contributed by atoms with van der Waals surface area (Å²) in [5.41, 5.74) is 0.170. The Hall–Kier alpha value is -2.88. The van der Waals surface area contributed by atoms with Gasteiger partial charge in [0, 0.05) is 31.3 Å². The van der Waals surface area contributed by atoms with E-state index in [0.29, 0.717) is 13.1 Å². The molecular weight excluding hydrogens is 294 g/mol. The van der Waals surface area contributed by atoms with E-state index in [2.05, 4.69) is 9.97 Å². The first-order valence-electron chi connectivity index (χ1n) is 7.52. The zero-order valence-electron chi connectivity index (χ0n) is 12.6. The number of piperidine rings is 1. The van der Waals surface area contributed by atoms with Crippen molar-refractivity contribution in [1.29, 1.82) is 5.26 Å². The second kappa shape index (κ2) is 6.92. The lowest BCUT2D eigenvalue weighted by Crippen LogP contribution is -2.45. The average molecular weight is 311 g/mol. The van der Waals surface area contributed by atoms with Crippen LogP contribution < -0.4 is 4.74 Å².